The molecule has 0 bridgehead atoms. The van der Waals surface area contributed by atoms with E-state index >= 15 is 0 Å². The lowest BCUT2D eigenvalue weighted by molar-refractivity contribution is 0.0557. The summed E-state index contributed by atoms with van der Waals surface area (Å²) in [6.45, 7) is 10.9. The Morgan fingerprint density at radius 1 is 1.32 bits per heavy atom. The Morgan fingerprint density at radius 2 is 2.00 bits per heavy atom. The first kappa shape index (κ1) is 14.3. The summed E-state index contributed by atoms with van der Waals surface area (Å²) in [5, 5.41) is 3.35. The van der Waals surface area contributed by atoms with Crippen molar-refractivity contribution in [2.45, 2.75) is 39.4 Å². The van der Waals surface area contributed by atoms with Gasteiger partial charge in [0.15, 0.2) is 0 Å². The molecule has 0 aromatic carbocycles. The minimum atomic E-state index is 0.614. The fraction of sp³-hybridized carbons (Fsp3) is 0.667. The number of nitrogens with zero attached hydrogens (tertiary/aromatic N) is 3. The van der Waals surface area contributed by atoms with Gasteiger partial charge in [0, 0.05) is 50.0 Å². The molecule has 1 N–H and O–H groups in total. The number of aromatic nitrogens is 1. The van der Waals surface area contributed by atoms with E-state index in [2.05, 4.69) is 54.0 Å². The zero-order chi connectivity index (χ0) is 13.8. The van der Waals surface area contributed by atoms with Gasteiger partial charge in [0.05, 0.1) is 0 Å². The molecule has 106 valence electrons. The van der Waals surface area contributed by atoms with Crippen LogP contribution in [-0.4, -0.2) is 53.5 Å². The van der Waals surface area contributed by atoms with Gasteiger partial charge in [-0.05, 0) is 33.9 Å². The summed E-state index contributed by atoms with van der Waals surface area (Å²) in [5.74, 6) is 1.03. The summed E-state index contributed by atoms with van der Waals surface area (Å²) in [6.07, 6.45) is 1.86. The smallest absolute Gasteiger partial charge is 0.130 e. The van der Waals surface area contributed by atoms with Crippen LogP contribution in [0.1, 0.15) is 26.3 Å². The number of nitrogens with one attached hydrogen (secondary N) is 1. The summed E-state index contributed by atoms with van der Waals surface area (Å²) in [5.41, 5.74) is 1.30. The van der Waals surface area contributed by atoms with Crippen LogP contribution in [0.15, 0.2) is 18.3 Å². The van der Waals surface area contributed by atoms with Gasteiger partial charge in [-0.1, -0.05) is 6.07 Å². The number of pyridine rings is 1. The maximum Gasteiger partial charge on any atom is 0.130 e. The van der Waals surface area contributed by atoms with Gasteiger partial charge < -0.3 is 5.32 Å². The van der Waals surface area contributed by atoms with Crippen molar-refractivity contribution in [1.29, 1.82) is 0 Å². The lowest BCUT2D eigenvalue weighted by Gasteiger charge is -2.42. The third kappa shape index (κ3) is 3.45. The molecule has 2 unspecified atom stereocenters. The van der Waals surface area contributed by atoms with Gasteiger partial charge in [-0.3, -0.25) is 9.80 Å². The minimum absolute atomic E-state index is 0.614. The zero-order valence-electron chi connectivity index (χ0n) is 12.6. The van der Waals surface area contributed by atoms with E-state index < -0.39 is 0 Å². The molecule has 1 aliphatic rings. The van der Waals surface area contributed by atoms with E-state index in [9.17, 15) is 0 Å². The molecular weight excluding hydrogens is 236 g/mol. The summed E-state index contributed by atoms with van der Waals surface area (Å²) in [6, 6.07) is 5.43. The molecule has 4 nitrogen and oxygen atoms in total. The molecule has 1 aliphatic heterocycles. The quantitative estimate of drug-likeness (QED) is 0.900. The van der Waals surface area contributed by atoms with Crippen molar-refractivity contribution in [2.75, 3.05) is 32.0 Å². The maximum absolute atomic E-state index is 4.44. The molecular formula is C15H26N4. The van der Waals surface area contributed by atoms with Gasteiger partial charge >= 0.3 is 0 Å². The lowest BCUT2D eigenvalue weighted by Crippen LogP contribution is -2.54. The van der Waals surface area contributed by atoms with Gasteiger partial charge in [0.2, 0.25) is 0 Å². The number of likely N-dealkylation sites (N-methyl/N-ethyl adjacent to an activating group) is 1. The molecule has 1 aromatic rings. The van der Waals surface area contributed by atoms with Crippen LogP contribution in [0.25, 0.3) is 0 Å². The molecule has 1 saturated heterocycles. The molecule has 19 heavy (non-hydrogen) atoms. The summed E-state index contributed by atoms with van der Waals surface area (Å²) >= 11 is 0. The highest BCUT2D eigenvalue weighted by Gasteiger charge is 2.26. The second-order valence-corrected chi connectivity index (χ2v) is 5.60. The summed E-state index contributed by atoms with van der Waals surface area (Å²) in [4.78, 5) is 9.44. The van der Waals surface area contributed by atoms with Crippen LogP contribution < -0.4 is 5.32 Å². The molecule has 1 aromatic heterocycles. The van der Waals surface area contributed by atoms with Crippen molar-refractivity contribution < 1.29 is 0 Å². The third-order valence-corrected chi connectivity index (χ3v) is 4.06. The Balaban J connectivity index is 2.05. The average molecular weight is 262 g/mol. The molecule has 0 spiro atoms. The Morgan fingerprint density at radius 3 is 2.63 bits per heavy atom. The second-order valence-electron chi connectivity index (χ2n) is 5.60. The lowest BCUT2D eigenvalue weighted by atomic mass is 10.1. The van der Waals surface area contributed by atoms with E-state index in [1.165, 1.54) is 5.56 Å². The van der Waals surface area contributed by atoms with E-state index in [0.717, 1.165) is 32.0 Å². The van der Waals surface area contributed by atoms with Crippen LogP contribution in [0.4, 0.5) is 5.82 Å². The van der Waals surface area contributed by atoms with E-state index in [-0.39, 0.29) is 0 Å². The van der Waals surface area contributed by atoms with E-state index in [1.54, 1.807) is 0 Å². The highest BCUT2D eigenvalue weighted by atomic mass is 15.3. The second kappa shape index (κ2) is 6.35. The van der Waals surface area contributed by atoms with Crippen molar-refractivity contribution >= 4 is 5.82 Å². The zero-order valence-corrected chi connectivity index (χ0v) is 12.6. The van der Waals surface area contributed by atoms with E-state index in [1.807, 2.05) is 12.3 Å². The molecule has 4 heteroatoms. The number of anilines is 1. The van der Waals surface area contributed by atoms with Gasteiger partial charge in [-0.2, -0.15) is 0 Å². The predicted octanol–water partition coefficient (Wildman–Crippen LogP) is 2.04. The van der Waals surface area contributed by atoms with Crippen molar-refractivity contribution in [2.24, 2.45) is 0 Å². The van der Waals surface area contributed by atoms with E-state index in [0.29, 0.717) is 12.1 Å². The van der Waals surface area contributed by atoms with Crippen LogP contribution in [-0.2, 0) is 6.54 Å². The van der Waals surface area contributed by atoms with Crippen molar-refractivity contribution in [3.63, 3.8) is 0 Å². The number of hydrogen-bond donors (Lipinski definition) is 1. The Hall–Kier alpha value is -1.13. The van der Waals surface area contributed by atoms with Gasteiger partial charge in [-0.15, -0.1) is 0 Å². The molecule has 0 amide bonds. The summed E-state index contributed by atoms with van der Waals surface area (Å²) < 4.78 is 0. The molecule has 2 rings (SSSR count). The molecule has 0 radical (unpaired) electrons. The molecule has 2 atom stereocenters. The van der Waals surface area contributed by atoms with Crippen molar-refractivity contribution in [1.82, 2.24) is 14.8 Å². The fourth-order valence-corrected chi connectivity index (χ4v) is 2.78. The Bertz CT molecular complexity index is 395. The first-order valence-electron chi connectivity index (χ1n) is 7.23. The van der Waals surface area contributed by atoms with Gasteiger partial charge in [-0.25, -0.2) is 4.98 Å². The van der Waals surface area contributed by atoms with Gasteiger partial charge in [0.25, 0.3) is 0 Å². The van der Waals surface area contributed by atoms with Crippen LogP contribution in [0, 0.1) is 0 Å². The molecule has 1 fully saturated rings. The first-order valence-corrected chi connectivity index (χ1v) is 7.23. The first-order chi connectivity index (χ1) is 9.11. The monoisotopic (exact) mass is 262 g/mol. The van der Waals surface area contributed by atoms with Gasteiger partial charge in [0.1, 0.15) is 5.82 Å². The van der Waals surface area contributed by atoms with Crippen LogP contribution >= 0.6 is 0 Å². The largest absolute Gasteiger partial charge is 0.370 e. The van der Waals surface area contributed by atoms with Crippen molar-refractivity contribution in [3.8, 4) is 0 Å². The minimum Gasteiger partial charge on any atom is -0.370 e. The standard InChI is InChI=1S/C15H26N4/c1-5-16-15-14(7-6-8-17-15)11-19-9-12(2)18(4)13(3)10-19/h6-8,12-13H,5,9-11H2,1-4H3,(H,16,17). The topological polar surface area (TPSA) is 31.4 Å². The van der Waals surface area contributed by atoms with Crippen LogP contribution in [0.5, 0.6) is 0 Å². The molecule has 0 aliphatic carbocycles. The maximum atomic E-state index is 4.44. The SMILES string of the molecule is CCNc1ncccc1CN1CC(C)N(C)C(C)C1. The van der Waals surface area contributed by atoms with Crippen molar-refractivity contribution in [3.05, 3.63) is 23.9 Å². The normalized spacial score (nSPS) is 25.5. The number of rotatable bonds is 4. The third-order valence-electron chi connectivity index (χ3n) is 4.06. The number of hydrogen-bond acceptors (Lipinski definition) is 4. The molecule has 0 saturated carbocycles. The average Bonchev–Trinajstić information content (AvgIpc) is 2.38. The van der Waals surface area contributed by atoms with Crippen LogP contribution in [0.2, 0.25) is 0 Å². The summed E-state index contributed by atoms with van der Waals surface area (Å²) in [7, 11) is 2.22. The Labute approximate surface area is 116 Å². The number of piperazine rings is 1. The predicted molar refractivity (Wildman–Crippen MR) is 80.4 cm³/mol. The molecule has 2 heterocycles. The highest BCUT2D eigenvalue weighted by molar-refractivity contribution is 5.43. The highest BCUT2D eigenvalue weighted by Crippen LogP contribution is 2.19. The Kier molecular flexibility index (Phi) is 4.77. The fourth-order valence-electron chi connectivity index (χ4n) is 2.78. The van der Waals surface area contributed by atoms with E-state index in [4.69, 9.17) is 0 Å². The van der Waals surface area contributed by atoms with Crippen LogP contribution in [0.3, 0.4) is 0 Å².